The molecule has 6 nitrogen and oxygen atoms in total. The molecule has 0 bridgehead atoms. The van der Waals surface area contributed by atoms with Gasteiger partial charge in [-0.1, -0.05) is 221 Å². The van der Waals surface area contributed by atoms with Crippen LogP contribution < -0.4 is 0 Å². The highest BCUT2D eigenvalue weighted by atomic mass is 16.6. The summed E-state index contributed by atoms with van der Waals surface area (Å²) < 4.78 is 16.7. The molecule has 0 radical (unpaired) electrons. The Balaban J connectivity index is 4.41. The zero-order valence-electron chi connectivity index (χ0n) is 41.8. The Morgan fingerprint density at radius 2 is 0.641 bits per heavy atom. The van der Waals surface area contributed by atoms with Gasteiger partial charge in [-0.05, 0) is 89.9 Å². The number of carbonyl (C=O) groups excluding carboxylic acids is 3. The summed E-state index contributed by atoms with van der Waals surface area (Å²) >= 11 is 0. The van der Waals surface area contributed by atoms with Crippen LogP contribution in [-0.2, 0) is 28.6 Å². The molecule has 0 amide bonds. The Bertz CT molecular complexity index is 1250. The first-order valence-corrected chi connectivity index (χ1v) is 26.6. The predicted molar refractivity (Wildman–Crippen MR) is 274 cm³/mol. The van der Waals surface area contributed by atoms with Crippen molar-refractivity contribution in [2.75, 3.05) is 13.2 Å². The first kappa shape index (κ1) is 60.6. The Kier molecular flexibility index (Phi) is 49.4. The van der Waals surface area contributed by atoms with Crippen molar-refractivity contribution < 1.29 is 28.6 Å². The van der Waals surface area contributed by atoms with E-state index in [0.717, 1.165) is 116 Å². The van der Waals surface area contributed by atoms with Gasteiger partial charge in [-0.3, -0.25) is 14.4 Å². The van der Waals surface area contributed by atoms with E-state index in [4.69, 9.17) is 14.2 Å². The number of allylic oxidation sites excluding steroid dienone is 14. The van der Waals surface area contributed by atoms with Crippen molar-refractivity contribution in [1.82, 2.24) is 0 Å². The van der Waals surface area contributed by atoms with E-state index in [1.54, 1.807) is 0 Å². The number of hydrogen-bond acceptors (Lipinski definition) is 6. The van der Waals surface area contributed by atoms with Gasteiger partial charge in [0.15, 0.2) is 6.10 Å². The van der Waals surface area contributed by atoms with Crippen LogP contribution >= 0.6 is 0 Å². The second-order valence-electron chi connectivity index (χ2n) is 17.4. The smallest absolute Gasteiger partial charge is 0.306 e. The van der Waals surface area contributed by atoms with Gasteiger partial charge in [-0.15, -0.1) is 0 Å². The SMILES string of the molecule is CC/C=C\C/C=C\C/C=C\C/C=C\C/C=C\C/C=C\CCCCC(=O)OCC(COC(=O)CCCCCCC/C=C\CCC)OC(=O)CCCCCCCCCCCCCCCCC. The largest absolute Gasteiger partial charge is 0.462 e. The fourth-order valence-corrected chi connectivity index (χ4v) is 7.15. The van der Waals surface area contributed by atoms with Crippen LogP contribution in [0.15, 0.2) is 85.1 Å². The summed E-state index contributed by atoms with van der Waals surface area (Å²) in [5, 5.41) is 0. The molecule has 0 aliphatic rings. The van der Waals surface area contributed by atoms with E-state index in [9.17, 15) is 14.4 Å². The summed E-state index contributed by atoms with van der Waals surface area (Å²) in [4.78, 5) is 37.9. The van der Waals surface area contributed by atoms with E-state index in [1.165, 1.54) is 89.9 Å². The van der Waals surface area contributed by atoms with Crippen LogP contribution in [0.4, 0.5) is 0 Å². The molecule has 366 valence electrons. The number of carbonyl (C=O) groups is 3. The fourth-order valence-electron chi connectivity index (χ4n) is 7.15. The van der Waals surface area contributed by atoms with Crippen molar-refractivity contribution in [3.8, 4) is 0 Å². The van der Waals surface area contributed by atoms with Crippen molar-refractivity contribution in [1.29, 1.82) is 0 Å². The van der Waals surface area contributed by atoms with Gasteiger partial charge in [-0.2, -0.15) is 0 Å². The van der Waals surface area contributed by atoms with Crippen molar-refractivity contribution in [3.05, 3.63) is 85.1 Å². The lowest BCUT2D eigenvalue weighted by Crippen LogP contribution is -2.30. The molecule has 0 aliphatic heterocycles. The van der Waals surface area contributed by atoms with Gasteiger partial charge in [0, 0.05) is 19.3 Å². The van der Waals surface area contributed by atoms with Crippen LogP contribution in [0.1, 0.15) is 245 Å². The van der Waals surface area contributed by atoms with Crippen LogP contribution in [0, 0.1) is 0 Å². The lowest BCUT2D eigenvalue weighted by atomic mass is 10.0. The maximum absolute atomic E-state index is 12.8. The van der Waals surface area contributed by atoms with E-state index in [-0.39, 0.29) is 31.1 Å². The third-order valence-corrected chi connectivity index (χ3v) is 11.1. The van der Waals surface area contributed by atoms with Gasteiger partial charge in [0.05, 0.1) is 0 Å². The molecule has 0 saturated heterocycles. The van der Waals surface area contributed by atoms with Gasteiger partial charge in [0.25, 0.3) is 0 Å². The summed E-state index contributed by atoms with van der Waals surface area (Å²) in [6.07, 6.45) is 67.2. The molecule has 64 heavy (non-hydrogen) atoms. The molecule has 0 spiro atoms. The van der Waals surface area contributed by atoms with Gasteiger partial charge < -0.3 is 14.2 Å². The lowest BCUT2D eigenvalue weighted by Gasteiger charge is -2.18. The van der Waals surface area contributed by atoms with Gasteiger partial charge in [0.2, 0.25) is 0 Å². The van der Waals surface area contributed by atoms with Crippen LogP contribution in [0.3, 0.4) is 0 Å². The van der Waals surface area contributed by atoms with Gasteiger partial charge in [0.1, 0.15) is 13.2 Å². The topological polar surface area (TPSA) is 78.9 Å². The first-order valence-electron chi connectivity index (χ1n) is 26.6. The zero-order chi connectivity index (χ0) is 46.5. The number of rotatable bonds is 47. The summed E-state index contributed by atoms with van der Waals surface area (Å²) in [5.74, 6) is -0.946. The van der Waals surface area contributed by atoms with Crippen LogP contribution in [0.25, 0.3) is 0 Å². The minimum Gasteiger partial charge on any atom is -0.462 e. The highest BCUT2D eigenvalue weighted by Crippen LogP contribution is 2.15. The Morgan fingerprint density at radius 3 is 1.06 bits per heavy atom. The fraction of sp³-hybridized carbons (Fsp3) is 0.707. The van der Waals surface area contributed by atoms with Crippen LogP contribution in [0.5, 0.6) is 0 Å². The van der Waals surface area contributed by atoms with Crippen molar-refractivity contribution in [2.24, 2.45) is 0 Å². The minimum atomic E-state index is -0.795. The van der Waals surface area contributed by atoms with Crippen molar-refractivity contribution >= 4 is 17.9 Å². The molecule has 0 aromatic carbocycles. The van der Waals surface area contributed by atoms with E-state index in [1.807, 2.05) is 0 Å². The van der Waals surface area contributed by atoms with Gasteiger partial charge >= 0.3 is 17.9 Å². The van der Waals surface area contributed by atoms with Crippen molar-refractivity contribution in [2.45, 2.75) is 252 Å². The minimum absolute atomic E-state index is 0.0938. The van der Waals surface area contributed by atoms with E-state index in [0.29, 0.717) is 19.3 Å². The molecule has 0 aromatic heterocycles. The van der Waals surface area contributed by atoms with E-state index in [2.05, 4.69) is 106 Å². The second-order valence-corrected chi connectivity index (χ2v) is 17.4. The summed E-state index contributed by atoms with van der Waals surface area (Å²) in [7, 11) is 0. The number of hydrogen-bond donors (Lipinski definition) is 0. The molecule has 6 heteroatoms. The van der Waals surface area contributed by atoms with E-state index >= 15 is 0 Å². The molecule has 0 N–H and O–H groups in total. The quantitative estimate of drug-likeness (QED) is 0.0262. The number of unbranched alkanes of at least 4 members (excludes halogenated alkanes) is 22. The summed E-state index contributed by atoms with van der Waals surface area (Å²) in [6, 6.07) is 0. The molecule has 0 aromatic rings. The maximum Gasteiger partial charge on any atom is 0.306 e. The van der Waals surface area contributed by atoms with Crippen LogP contribution in [-0.4, -0.2) is 37.2 Å². The molecule has 0 heterocycles. The van der Waals surface area contributed by atoms with Crippen molar-refractivity contribution in [3.63, 3.8) is 0 Å². The lowest BCUT2D eigenvalue weighted by molar-refractivity contribution is -0.167. The van der Waals surface area contributed by atoms with E-state index < -0.39 is 6.10 Å². The molecule has 0 saturated carbocycles. The molecule has 0 fully saturated rings. The second kappa shape index (κ2) is 52.2. The number of esters is 3. The average molecular weight is 891 g/mol. The van der Waals surface area contributed by atoms with Crippen LogP contribution in [0.2, 0.25) is 0 Å². The molecular formula is C58H98O6. The zero-order valence-corrected chi connectivity index (χ0v) is 41.8. The highest BCUT2D eigenvalue weighted by Gasteiger charge is 2.19. The molecule has 1 atom stereocenters. The Labute approximate surface area is 395 Å². The third kappa shape index (κ3) is 49.6. The highest BCUT2D eigenvalue weighted by molar-refractivity contribution is 5.71. The molecule has 1 unspecified atom stereocenters. The maximum atomic E-state index is 12.8. The average Bonchev–Trinajstić information content (AvgIpc) is 3.29. The van der Waals surface area contributed by atoms with Gasteiger partial charge in [-0.25, -0.2) is 0 Å². The third-order valence-electron chi connectivity index (χ3n) is 11.1. The molecule has 0 rings (SSSR count). The molecule has 0 aliphatic carbocycles. The predicted octanol–water partition coefficient (Wildman–Crippen LogP) is 17.6. The summed E-state index contributed by atoms with van der Waals surface area (Å²) in [6.45, 7) is 6.42. The normalized spacial score (nSPS) is 12.7. The summed E-state index contributed by atoms with van der Waals surface area (Å²) in [5.41, 5.74) is 0. The Hall–Kier alpha value is -3.41. The number of ether oxygens (including phenoxy) is 3. The Morgan fingerprint density at radius 1 is 0.328 bits per heavy atom. The monoisotopic (exact) mass is 891 g/mol. The standard InChI is InChI=1S/C58H98O6/c1-4-7-10-13-16-19-22-24-26-27-28-29-30-31-33-34-36-39-42-45-48-51-57(60)63-54-55(53-62-56(59)50-47-44-41-38-21-18-15-12-9-6-3)64-58(61)52-49-46-43-40-37-35-32-25-23-20-17-14-11-8-5-2/h7,10,12,15-16,19,24,26,28-29,31,33,36,39,55H,4-6,8-9,11,13-14,17-18,20-23,25,27,30,32,34-35,37-38,40-54H2,1-3H3/b10-7-,15-12-,19-16-,26-24-,29-28-,33-31-,39-36-. The first-order chi connectivity index (χ1) is 31.5. The molecular weight excluding hydrogens is 793 g/mol.